The summed E-state index contributed by atoms with van der Waals surface area (Å²) in [5.74, 6) is 1.23. The molecule has 0 amide bonds. The van der Waals surface area contributed by atoms with Crippen LogP contribution in [0.2, 0.25) is 0 Å². The van der Waals surface area contributed by atoms with Gasteiger partial charge in [-0.25, -0.2) is 8.42 Å². The molecule has 1 aromatic carbocycles. The molecule has 142 valence electrons. The Morgan fingerprint density at radius 1 is 1.27 bits per heavy atom. The molecule has 0 radical (unpaired) electrons. The molecule has 9 heteroatoms. The van der Waals surface area contributed by atoms with E-state index in [4.69, 9.17) is 21.4 Å². The van der Waals surface area contributed by atoms with Gasteiger partial charge in [-0.2, -0.15) is 4.31 Å². The van der Waals surface area contributed by atoms with Gasteiger partial charge in [0.1, 0.15) is 11.5 Å². The number of nitrogens with one attached hydrogen (secondary N) is 2. The van der Waals surface area contributed by atoms with Crippen LogP contribution in [0.25, 0.3) is 0 Å². The standard InChI is InChI=1S/C17H23N3O4S2/c1-4-20(5-2)26(21,22)14-8-9-16(23-3)15(11-14)19-17(25)18-12-13-7-6-10-24-13/h6-11H,4-5,12H2,1-3H3,(H2,18,19,25). The lowest BCUT2D eigenvalue weighted by atomic mass is 10.3. The van der Waals surface area contributed by atoms with Crippen LogP contribution in [0.3, 0.4) is 0 Å². The predicted octanol–water partition coefficient (Wildman–Crippen LogP) is 2.81. The quantitative estimate of drug-likeness (QED) is 0.663. The third-order valence-electron chi connectivity index (χ3n) is 3.77. The fraction of sp³-hybridized carbons (Fsp3) is 0.353. The highest BCUT2D eigenvalue weighted by atomic mass is 32.2. The minimum atomic E-state index is -3.57. The molecule has 0 aliphatic carbocycles. The van der Waals surface area contributed by atoms with Gasteiger partial charge in [-0.15, -0.1) is 0 Å². The number of ether oxygens (including phenoxy) is 1. The van der Waals surface area contributed by atoms with E-state index in [0.717, 1.165) is 5.76 Å². The van der Waals surface area contributed by atoms with Crippen LogP contribution >= 0.6 is 12.2 Å². The average Bonchev–Trinajstić information content (AvgIpc) is 3.14. The molecule has 26 heavy (non-hydrogen) atoms. The Morgan fingerprint density at radius 3 is 2.58 bits per heavy atom. The number of furan rings is 1. The van der Waals surface area contributed by atoms with E-state index in [1.165, 1.54) is 23.5 Å². The van der Waals surface area contributed by atoms with E-state index >= 15 is 0 Å². The number of nitrogens with zero attached hydrogens (tertiary/aromatic N) is 1. The van der Waals surface area contributed by atoms with Gasteiger partial charge in [0.2, 0.25) is 10.0 Å². The molecule has 1 heterocycles. The number of rotatable bonds is 8. The van der Waals surface area contributed by atoms with Crippen molar-refractivity contribution in [2.45, 2.75) is 25.3 Å². The Bertz CT molecular complexity index is 832. The Kier molecular flexibility index (Phi) is 7.01. The van der Waals surface area contributed by atoms with Crippen LogP contribution < -0.4 is 15.4 Å². The van der Waals surface area contributed by atoms with Crippen molar-refractivity contribution in [1.82, 2.24) is 9.62 Å². The van der Waals surface area contributed by atoms with E-state index in [-0.39, 0.29) is 4.90 Å². The van der Waals surface area contributed by atoms with Crippen LogP contribution in [0.4, 0.5) is 5.69 Å². The maximum Gasteiger partial charge on any atom is 0.243 e. The fourth-order valence-corrected chi connectivity index (χ4v) is 4.07. The van der Waals surface area contributed by atoms with Gasteiger partial charge in [0.15, 0.2) is 5.11 Å². The molecule has 1 aromatic heterocycles. The van der Waals surface area contributed by atoms with Crippen molar-refractivity contribution in [2.24, 2.45) is 0 Å². The van der Waals surface area contributed by atoms with Crippen LogP contribution in [0.5, 0.6) is 5.75 Å². The summed E-state index contributed by atoms with van der Waals surface area (Å²) < 4.78 is 37.3. The van der Waals surface area contributed by atoms with Crippen molar-refractivity contribution in [3.05, 3.63) is 42.4 Å². The molecule has 0 unspecified atom stereocenters. The summed E-state index contributed by atoms with van der Waals surface area (Å²) in [5.41, 5.74) is 0.470. The van der Waals surface area contributed by atoms with E-state index in [2.05, 4.69) is 10.6 Å². The maximum absolute atomic E-state index is 12.7. The molecule has 0 atom stereocenters. The van der Waals surface area contributed by atoms with Gasteiger partial charge in [-0.05, 0) is 42.5 Å². The second-order valence-electron chi connectivity index (χ2n) is 5.34. The molecule has 2 rings (SSSR count). The number of sulfonamides is 1. The van der Waals surface area contributed by atoms with Crippen LogP contribution in [0.15, 0.2) is 45.9 Å². The van der Waals surface area contributed by atoms with Gasteiger partial charge in [0.05, 0.1) is 30.5 Å². The van der Waals surface area contributed by atoms with Crippen LogP contribution in [-0.4, -0.2) is 38.0 Å². The summed E-state index contributed by atoms with van der Waals surface area (Å²) >= 11 is 5.27. The van der Waals surface area contributed by atoms with Crippen molar-refractivity contribution in [3.63, 3.8) is 0 Å². The number of hydrogen-bond acceptors (Lipinski definition) is 5. The Hall–Kier alpha value is -2.10. The van der Waals surface area contributed by atoms with Crippen LogP contribution in [0.1, 0.15) is 19.6 Å². The molecule has 0 spiro atoms. The summed E-state index contributed by atoms with van der Waals surface area (Å²) in [6.45, 7) is 4.82. The topological polar surface area (TPSA) is 83.8 Å². The van der Waals surface area contributed by atoms with Crippen molar-refractivity contribution in [1.29, 1.82) is 0 Å². The third kappa shape index (κ3) is 4.75. The zero-order chi connectivity index (χ0) is 19.2. The lowest BCUT2D eigenvalue weighted by molar-refractivity contribution is 0.416. The number of hydrogen-bond donors (Lipinski definition) is 2. The van der Waals surface area contributed by atoms with Crippen molar-refractivity contribution in [2.75, 3.05) is 25.5 Å². The van der Waals surface area contributed by atoms with E-state index in [0.29, 0.717) is 36.2 Å². The highest BCUT2D eigenvalue weighted by Crippen LogP contribution is 2.29. The first-order chi connectivity index (χ1) is 12.4. The smallest absolute Gasteiger partial charge is 0.243 e. The summed E-state index contributed by atoms with van der Waals surface area (Å²) in [6, 6.07) is 8.27. The van der Waals surface area contributed by atoms with Crippen molar-refractivity contribution >= 4 is 33.0 Å². The second-order valence-corrected chi connectivity index (χ2v) is 7.68. The van der Waals surface area contributed by atoms with Gasteiger partial charge >= 0.3 is 0 Å². The van der Waals surface area contributed by atoms with Gasteiger partial charge in [0, 0.05) is 13.1 Å². The maximum atomic E-state index is 12.7. The molecule has 7 nitrogen and oxygen atoms in total. The van der Waals surface area contributed by atoms with Gasteiger partial charge < -0.3 is 19.8 Å². The van der Waals surface area contributed by atoms with Crippen LogP contribution in [-0.2, 0) is 16.6 Å². The molecular weight excluding hydrogens is 374 g/mol. The number of anilines is 1. The van der Waals surface area contributed by atoms with E-state index in [1.54, 1.807) is 32.2 Å². The first-order valence-electron chi connectivity index (χ1n) is 8.17. The summed E-state index contributed by atoms with van der Waals surface area (Å²) in [6.07, 6.45) is 1.58. The SMILES string of the molecule is CCN(CC)S(=O)(=O)c1ccc(OC)c(NC(=S)NCc2ccco2)c1. The Labute approximate surface area is 159 Å². The summed E-state index contributed by atoms with van der Waals surface area (Å²) in [7, 11) is -2.06. The third-order valence-corrected chi connectivity index (χ3v) is 6.06. The highest BCUT2D eigenvalue weighted by Gasteiger charge is 2.23. The van der Waals surface area contributed by atoms with Gasteiger partial charge in [-0.1, -0.05) is 13.8 Å². The van der Waals surface area contributed by atoms with Crippen molar-refractivity contribution in [3.8, 4) is 5.75 Å². The molecule has 2 aromatic rings. The van der Waals surface area contributed by atoms with Crippen molar-refractivity contribution < 1.29 is 17.6 Å². The molecule has 0 saturated heterocycles. The number of benzene rings is 1. The zero-order valence-corrected chi connectivity index (χ0v) is 16.6. The largest absolute Gasteiger partial charge is 0.495 e. The summed E-state index contributed by atoms with van der Waals surface area (Å²) in [5, 5.41) is 6.31. The zero-order valence-electron chi connectivity index (χ0n) is 15.0. The lowest BCUT2D eigenvalue weighted by Crippen LogP contribution is -2.31. The first kappa shape index (κ1) is 20.2. The van der Waals surface area contributed by atoms with Crippen LogP contribution in [0, 0.1) is 0 Å². The lowest BCUT2D eigenvalue weighted by Gasteiger charge is -2.20. The molecule has 0 saturated carbocycles. The average molecular weight is 398 g/mol. The molecule has 2 N–H and O–H groups in total. The predicted molar refractivity (Wildman–Crippen MR) is 105 cm³/mol. The van der Waals surface area contributed by atoms with Gasteiger partial charge in [-0.3, -0.25) is 0 Å². The molecule has 0 bridgehead atoms. The van der Waals surface area contributed by atoms with E-state index in [9.17, 15) is 8.42 Å². The highest BCUT2D eigenvalue weighted by molar-refractivity contribution is 7.89. The molecular formula is C17H23N3O4S2. The van der Waals surface area contributed by atoms with E-state index < -0.39 is 10.0 Å². The Balaban J connectivity index is 2.20. The normalized spacial score (nSPS) is 11.4. The monoisotopic (exact) mass is 397 g/mol. The van der Waals surface area contributed by atoms with E-state index in [1.807, 2.05) is 6.07 Å². The minimum Gasteiger partial charge on any atom is -0.495 e. The second kappa shape index (κ2) is 9.02. The number of methoxy groups -OCH3 is 1. The molecule has 0 aliphatic rings. The number of thiocarbonyl (C=S) groups is 1. The van der Waals surface area contributed by atoms with Gasteiger partial charge in [0.25, 0.3) is 0 Å². The Morgan fingerprint density at radius 2 is 2.00 bits per heavy atom. The molecule has 0 aliphatic heterocycles. The first-order valence-corrected chi connectivity index (χ1v) is 10.0. The fourth-order valence-electron chi connectivity index (χ4n) is 2.40. The summed E-state index contributed by atoms with van der Waals surface area (Å²) in [4.78, 5) is 0.179. The molecule has 0 fully saturated rings. The minimum absolute atomic E-state index is 0.179.